The third kappa shape index (κ3) is 1.47. The number of amides is 2. The number of hydrogen-bond acceptors (Lipinski definition) is 2. The summed E-state index contributed by atoms with van der Waals surface area (Å²) >= 11 is 3.38. The summed E-state index contributed by atoms with van der Waals surface area (Å²) in [6.45, 7) is 0. The summed E-state index contributed by atoms with van der Waals surface area (Å²) in [5, 5.41) is 0. The minimum absolute atomic E-state index is 0.128. The SMILES string of the molecule is NC1=NC(=O)N=C2C=CC(Br)C=C12. The van der Waals surface area contributed by atoms with Crippen molar-refractivity contribution in [2.45, 2.75) is 4.83 Å². The Morgan fingerprint density at radius 2 is 2.23 bits per heavy atom. The van der Waals surface area contributed by atoms with E-state index in [1.54, 1.807) is 6.08 Å². The van der Waals surface area contributed by atoms with Crippen molar-refractivity contribution in [3.8, 4) is 0 Å². The molecule has 0 aromatic carbocycles. The maximum atomic E-state index is 10.9. The van der Waals surface area contributed by atoms with Gasteiger partial charge in [0.2, 0.25) is 0 Å². The highest BCUT2D eigenvalue weighted by atomic mass is 79.9. The van der Waals surface area contributed by atoms with Crippen LogP contribution in [0.15, 0.2) is 33.8 Å². The molecule has 1 unspecified atom stereocenters. The van der Waals surface area contributed by atoms with Gasteiger partial charge in [-0.2, -0.15) is 9.98 Å². The first-order valence-electron chi connectivity index (χ1n) is 3.68. The predicted octanol–water partition coefficient (Wildman–Crippen LogP) is 1.18. The minimum atomic E-state index is -0.540. The molecule has 1 aliphatic carbocycles. The first-order chi connectivity index (χ1) is 6.16. The number of nitrogens with two attached hydrogens (primary N) is 1. The fourth-order valence-electron chi connectivity index (χ4n) is 1.18. The number of hydrogen-bond donors (Lipinski definition) is 1. The molecule has 2 N–H and O–H groups in total. The standard InChI is InChI=1S/C8H6BrN3O/c9-4-1-2-6-5(3-4)7(10)12-8(13)11-6/h1-4H,(H2,10,12,13). The smallest absolute Gasteiger partial charge is 0.369 e. The number of carbonyl (C=O) groups is 1. The van der Waals surface area contributed by atoms with Gasteiger partial charge in [-0.15, -0.1) is 0 Å². The van der Waals surface area contributed by atoms with Crippen molar-refractivity contribution < 1.29 is 4.79 Å². The van der Waals surface area contributed by atoms with Crippen LogP contribution in [0.25, 0.3) is 0 Å². The molecule has 2 aliphatic rings. The van der Waals surface area contributed by atoms with Crippen molar-refractivity contribution in [1.29, 1.82) is 0 Å². The molecule has 1 atom stereocenters. The molecule has 0 aromatic rings. The highest BCUT2D eigenvalue weighted by Crippen LogP contribution is 2.18. The highest BCUT2D eigenvalue weighted by Gasteiger charge is 2.20. The highest BCUT2D eigenvalue weighted by molar-refractivity contribution is 9.09. The molecule has 4 nitrogen and oxygen atoms in total. The Kier molecular flexibility index (Phi) is 1.88. The molecule has 2 amide bonds. The number of urea groups is 1. The van der Waals surface area contributed by atoms with Crippen molar-refractivity contribution in [3.63, 3.8) is 0 Å². The molecule has 0 saturated heterocycles. The van der Waals surface area contributed by atoms with E-state index < -0.39 is 6.03 Å². The van der Waals surface area contributed by atoms with Crippen molar-refractivity contribution in [1.82, 2.24) is 0 Å². The third-order valence-corrected chi connectivity index (χ3v) is 2.32. The van der Waals surface area contributed by atoms with Crippen LogP contribution in [0.1, 0.15) is 0 Å². The van der Waals surface area contributed by atoms with Crippen LogP contribution in [0.3, 0.4) is 0 Å². The van der Waals surface area contributed by atoms with Crippen LogP contribution in [0.4, 0.5) is 4.79 Å². The fraction of sp³-hybridized carbons (Fsp3) is 0.125. The monoisotopic (exact) mass is 239 g/mol. The molecule has 66 valence electrons. The van der Waals surface area contributed by atoms with Gasteiger partial charge in [0.15, 0.2) is 0 Å². The molecular weight excluding hydrogens is 234 g/mol. The molecule has 0 saturated carbocycles. The van der Waals surface area contributed by atoms with Crippen LogP contribution in [0, 0.1) is 0 Å². The lowest BCUT2D eigenvalue weighted by Crippen LogP contribution is -2.27. The topological polar surface area (TPSA) is 67.8 Å². The molecule has 0 bridgehead atoms. The molecule has 0 fully saturated rings. The average molecular weight is 240 g/mol. The molecule has 13 heavy (non-hydrogen) atoms. The zero-order valence-electron chi connectivity index (χ0n) is 6.57. The maximum absolute atomic E-state index is 10.9. The second-order valence-corrected chi connectivity index (χ2v) is 3.72. The lowest BCUT2D eigenvalue weighted by Gasteiger charge is -2.15. The van der Waals surface area contributed by atoms with E-state index in [2.05, 4.69) is 25.9 Å². The van der Waals surface area contributed by atoms with Crippen molar-refractivity contribution >= 4 is 33.5 Å². The zero-order valence-corrected chi connectivity index (χ0v) is 8.15. The van der Waals surface area contributed by atoms with Crippen LogP contribution >= 0.6 is 15.9 Å². The zero-order chi connectivity index (χ0) is 9.42. The molecule has 1 aliphatic heterocycles. The van der Waals surface area contributed by atoms with Crippen molar-refractivity contribution in [2.24, 2.45) is 15.7 Å². The van der Waals surface area contributed by atoms with Gasteiger partial charge in [0.1, 0.15) is 5.84 Å². The van der Waals surface area contributed by atoms with Crippen molar-refractivity contribution in [2.75, 3.05) is 0 Å². The third-order valence-electron chi connectivity index (χ3n) is 1.75. The van der Waals surface area contributed by atoms with E-state index in [9.17, 15) is 4.79 Å². The van der Waals surface area contributed by atoms with E-state index in [1.807, 2.05) is 12.2 Å². The van der Waals surface area contributed by atoms with Gasteiger partial charge in [-0.05, 0) is 6.08 Å². The lowest BCUT2D eigenvalue weighted by molar-refractivity contribution is 0.257. The van der Waals surface area contributed by atoms with Gasteiger partial charge >= 0.3 is 6.03 Å². The number of amidine groups is 1. The van der Waals surface area contributed by atoms with Gasteiger partial charge in [0, 0.05) is 5.57 Å². The molecule has 0 aromatic heterocycles. The van der Waals surface area contributed by atoms with Crippen LogP contribution in [-0.4, -0.2) is 22.4 Å². The Hall–Kier alpha value is -1.23. The number of aliphatic imine (C=N–C) groups is 2. The summed E-state index contributed by atoms with van der Waals surface area (Å²) < 4.78 is 0. The van der Waals surface area contributed by atoms with E-state index >= 15 is 0 Å². The number of allylic oxidation sites excluding steroid dienone is 3. The number of fused-ring (bicyclic) bond motifs is 1. The molecule has 0 radical (unpaired) electrons. The molecule has 2 rings (SSSR count). The van der Waals surface area contributed by atoms with Crippen LogP contribution in [-0.2, 0) is 0 Å². The number of rotatable bonds is 0. The largest absolute Gasteiger partial charge is 0.383 e. The average Bonchev–Trinajstić information content (AvgIpc) is 2.06. The minimum Gasteiger partial charge on any atom is -0.383 e. The van der Waals surface area contributed by atoms with Gasteiger partial charge in [0.25, 0.3) is 0 Å². The fourth-order valence-corrected chi connectivity index (χ4v) is 1.60. The summed E-state index contributed by atoms with van der Waals surface area (Å²) in [4.78, 5) is 18.3. The van der Waals surface area contributed by atoms with E-state index in [1.165, 1.54) is 0 Å². The van der Waals surface area contributed by atoms with E-state index in [-0.39, 0.29) is 10.7 Å². The molecular formula is C8H6BrN3O. The number of alkyl halides is 1. The van der Waals surface area contributed by atoms with Crippen LogP contribution in [0.5, 0.6) is 0 Å². The Morgan fingerprint density at radius 1 is 1.46 bits per heavy atom. The predicted molar refractivity (Wildman–Crippen MR) is 54.4 cm³/mol. The summed E-state index contributed by atoms with van der Waals surface area (Å²) in [5.74, 6) is 0.240. The Labute approximate surface area is 83.1 Å². The maximum Gasteiger partial charge on any atom is 0.369 e. The Balaban J connectivity index is 2.48. The van der Waals surface area contributed by atoms with E-state index in [0.29, 0.717) is 5.71 Å². The van der Waals surface area contributed by atoms with Gasteiger partial charge in [-0.25, -0.2) is 4.79 Å². The normalized spacial score (nSPS) is 26.1. The quantitative estimate of drug-likeness (QED) is 0.646. The van der Waals surface area contributed by atoms with E-state index in [4.69, 9.17) is 5.73 Å². The van der Waals surface area contributed by atoms with Gasteiger partial charge in [-0.3, -0.25) is 0 Å². The van der Waals surface area contributed by atoms with Gasteiger partial charge < -0.3 is 5.73 Å². The van der Waals surface area contributed by atoms with Crippen LogP contribution in [0.2, 0.25) is 0 Å². The molecule has 5 heteroatoms. The number of carbonyl (C=O) groups excluding carboxylic acids is 1. The van der Waals surface area contributed by atoms with E-state index in [0.717, 1.165) is 5.57 Å². The summed E-state index contributed by atoms with van der Waals surface area (Å²) in [7, 11) is 0. The first-order valence-corrected chi connectivity index (χ1v) is 4.60. The Bertz CT molecular complexity index is 392. The number of halogens is 1. The van der Waals surface area contributed by atoms with Crippen LogP contribution < -0.4 is 5.73 Å². The molecule has 1 heterocycles. The lowest BCUT2D eigenvalue weighted by atomic mass is 10.0. The van der Waals surface area contributed by atoms with Crippen molar-refractivity contribution in [3.05, 3.63) is 23.8 Å². The summed E-state index contributed by atoms with van der Waals surface area (Å²) in [6.07, 6.45) is 5.51. The van der Waals surface area contributed by atoms with Gasteiger partial charge in [-0.1, -0.05) is 28.1 Å². The molecule has 0 spiro atoms. The number of nitrogens with zero attached hydrogens (tertiary/aromatic N) is 2. The summed E-state index contributed by atoms with van der Waals surface area (Å²) in [6, 6.07) is -0.540. The first kappa shape index (κ1) is 8.37. The second kappa shape index (κ2) is 2.92. The summed E-state index contributed by atoms with van der Waals surface area (Å²) in [5.41, 5.74) is 6.88. The Morgan fingerprint density at radius 3 is 3.00 bits per heavy atom. The van der Waals surface area contributed by atoms with Gasteiger partial charge in [0.05, 0.1) is 10.5 Å². The second-order valence-electron chi connectivity index (χ2n) is 2.66.